The minimum atomic E-state index is -0.696. The molecular formula is C19H21N5O4S. The number of aromatic hydroxyl groups is 1. The number of benzene rings is 1. The molecule has 3 aromatic rings. The highest BCUT2D eigenvalue weighted by Gasteiger charge is 2.20. The van der Waals surface area contributed by atoms with E-state index in [-0.39, 0.29) is 11.6 Å². The predicted octanol–water partition coefficient (Wildman–Crippen LogP) is 2.95. The van der Waals surface area contributed by atoms with Crippen LogP contribution in [-0.4, -0.2) is 38.1 Å². The quantitative estimate of drug-likeness (QED) is 0.609. The summed E-state index contributed by atoms with van der Waals surface area (Å²) >= 11 is 1.28. The fourth-order valence-electron chi connectivity index (χ4n) is 2.83. The van der Waals surface area contributed by atoms with Crippen LogP contribution in [-0.2, 0) is 0 Å². The molecule has 1 amide bonds. The van der Waals surface area contributed by atoms with Gasteiger partial charge >= 0.3 is 0 Å². The lowest BCUT2D eigenvalue weighted by Crippen LogP contribution is -2.25. The van der Waals surface area contributed by atoms with E-state index in [1.807, 2.05) is 0 Å². The number of para-hydroxylation sites is 2. The van der Waals surface area contributed by atoms with Gasteiger partial charge in [-0.25, -0.2) is 0 Å². The Morgan fingerprint density at radius 3 is 2.69 bits per heavy atom. The second-order valence-corrected chi connectivity index (χ2v) is 7.22. The largest absolute Gasteiger partial charge is 0.505 e. The highest BCUT2D eigenvalue weighted by Crippen LogP contribution is 2.28. The minimum Gasteiger partial charge on any atom is -0.505 e. The molecule has 0 unspecified atom stereocenters. The molecule has 152 valence electrons. The number of hydrogen-bond acceptors (Lipinski definition) is 8. The normalized spacial score (nSPS) is 10.9. The number of aromatic nitrogens is 4. The topological polar surface area (TPSA) is 119 Å². The number of nitrogens with zero attached hydrogens (tertiary/aromatic N) is 4. The van der Waals surface area contributed by atoms with Crippen LogP contribution >= 0.6 is 11.3 Å². The fraction of sp³-hybridized carbons (Fsp3) is 0.316. The van der Waals surface area contributed by atoms with E-state index in [9.17, 15) is 14.7 Å². The molecule has 0 aliphatic heterocycles. The van der Waals surface area contributed by atoms with Crippen LogP contribution in [0.1, 0.15) is 48.1 Å². The van der Waals surface area contributed by atoms with E-state index in [0.29, 0.717) is 16.6 Å². The number of methoxy groups -OCH3 is 1. The smallest absolute Gasteiger partial charge is 0.281 e. The maximum Gasteiger partial charge on any atom is 0.281 e. The zero-order chi connectivity index (χ0) is 21.0. The lowest BCUT2D eigenvalue weighted by Gasteiger charge is -2.11. The van der Waals surface area contributed by atoms with E-state index < -0.39 is 17.2 Å². The van der Waals surface area contributed by atoms with Crippen molar-refractivity contribution in [3.8, 4) is 17.2 Å². The number of hydrogen-bond donors (Lipinski definition) is 2. The summed E-state index contributed by atoms with van der Waals surface area (Å²) in [5, 5.41) is 26.0. The van der Waals surface area contributed by atoms with Crippen molar-refractivity contribution in [3.63, 3.8) is 0 Å². The van der Waals surface area contributed by atoms with Crippen molar-refractivity contribution in [2.45, 2.75) is 32.6 Å². The average molecular weight is 415 g/mol. The summed E-state index contributed by atoms with van der Waals surface area (Å²) in [7, 11) is 1.46. The van der Waals surface area contributed by atoms with Crippen LogP contribution in [0.3, 0.4) is 0 Å². The van der Waals surface area contributed by atoms with Crippen molar-refractivity contribution in [3.05, 3.63) is 51.4 Å². The summed E-state index contributed by atoms with van der Waals surface area (Å²) in [6, 6.07) is 7.67. The molecule has 3 rings (SSSR count). The number of carbonyl (C=O) groups is 1. The second kappa shape index (κ2) is 8.82. The summed E-state index contributed by atoms with van der Waals surface area (Å²) < 4.78 is 6.25. The first-order valence-electron chi connectivity index (χ1n) is 9.09. The maximum absolute atomic E-state index is 12.7. The molecule has 2 N–H and O–H groups in total. The van der Waals surface area contributed by atoms with Gasteiger partial charge < -0.3 is 9.84 Å². The van der Waals surface area contributed by atoms with E-state index in [1.165, 1.54) is 18.4 Å². The van der Waals surface area contributed by atoms with Crippen molar-refractivity contribution in [2.75, 3.05) is 12.4 Å². The molecular weight excluding hydrogens is 394 g/mol. The Labute approximate surface area is 171 Å². The van der Waals surface area contributed by atoms with Crippen molar-refractivity contribution < 1.29 is 14.6 Å². The number of anilines is 1. The van der Waals surface area contributed by atoms with Crippen molar-refractivity contribution in [1.82, 2.24) is 20.0 Å². The third-order valence-corrected chi connectivity index (χ3v) is 5.44. The SMILES string of the molecule is CCC(CC)c1nnc(NC(=O)c2nn(-c3ccccc3OC)c(=O)cc2O)s1. The molecule has 0 spiro atoms. The van der Waals surface area contributed by atoms with E-state index in [1.54, 1.807) is 24.3 Å². The van der Waals surface area contributed by atoms with Gasteiger partial charge in [-0.05, 0) is 25.0 Å². The second-order valence-electron chi connectivity index (χ2n) is 6.21. The number of rotatable bonds is 7. The molecule has 0 atom stereocenters. The lowest BCUT2D eigenvalue weighted by molar-refractivity contribution is 0.101. The zero-order valence-electron chi connectivity index (χ0n) is 16.2. The average Bonchev–Trinajstić information content (AvgIpc) is 3.17. The molecule has 2 aromatic heterocycles. The van der Waals surface area contributed by atoms with Gasteiger partial charge in [-0.3, -0.25) is 14.9 Å². The summed E-state index contributed by atoms with van der Waals surface area (Å²) in [4.78, 5) is 25.0. The molecule has 29 heavy (non-hydrogen) atoms. The Balaban J connectivity index is 1.93. The summed E-state index contributed by atoms with van der Waals surface area (Å²) in [5.74, 6) is -0.544. The zero-order valence-corrected chi connectivity index (χ0v) is 17.1. The van der Waals surface area contributed by atoms with Gasteiger partial charge in [0.05, 0.1) is 7.11 Å². The summed E-state index contributed by atoms with van der Waals surface area (Å²) in [6.07, 6.45) is 1.84. The van der Waals surface area contributed by atoms with E-state index in [2.05, 4.69) is 34.5 Å². The van der Waals surface area contributed by atoms with Crippen molar-refractivity contribution in [1.29, 1.82) is 0 Å². The first-order chi connectivity index (χ1) is 14.0. The van der Waals surface area contributed by atoms with Crippen LogP contribution < -0.4 is 15.6 Å². The summed E-state index contributed by atoms with van der Waals surface area (Å²) in [5.41, 5.74) is -0.564. The van der Waals surface area contributed by atoms with Gasteiger partial charge in [0.15, 0.2) is 11.4 Å². The van der Waals surface area contributed by atoms with E-state index >= 15 is 0 Å². The Kier molecular flexibility index (Phi) is 6.23. The standard InChI is InChI=1S/C19H21N5O4S/c1-4-11(5-2)18-21-22-19(29-18)20-17(27)16-13(25)10-15(26)24(23-16)12-8-6-7-9-14(12)28-3/h6-11,25H,4-5H2,1-3H3,(H,20,22,27). The highest BCUT2D eigenvalue weighted by atomic mass is 32.1. The number of nitrogens with one attached hydrogen (secondary N) is 1. The molecule has 0 saturated heterocycles. The van der Waals surface area contributed by atoms with Crippen LogP contribution in [0.2, 0.25) is 0 Å². The molecule has 0 aliphatic carbocycles. The van der Waals surface area contributed by atoms with Gasteiger partial charge in [0.25, 0.3) is 11.5 Å². The molecule has 0 aliphatic rings. The molecule has 0 fully saturated rings. The van der Waals surface area contributed by atoms with Crippen molar-refractivity contribution in [2.24, 2.45) is 0 Å². The van der Waals surface area contributed by atoms with Crippen LogP contribution in [0.25, 0.3) is 5.69 Å². The maximum atomic E-state index is 12.7. The van der Waals surface area contributed by atoms with Crippen LogP contribution in [0.5, 0.6) is 11.5 Å². The van der Waals surface area contributed by atoms with Crippen LogP contribution in [0.15, 0.2) is 35.1 Å². The van der Waals surface area contributed by atoms with Crippen LogP contribution in [0.4, 0.5) is 5.13 Å². The number of amides is 1. The van der Waals surface area contributed by atoms with E-state index in [0.717, 1.165) is 28.6 Å². The predicted molar refractivity (Wildman–Crippen MR) is 109 cm³/mol. The van der Waals surface area contributed by atoms with E-state index in [4.69, 9.17) is 4.74 Å². The molecule has 2 heterocycles. The Bertz CT molecular complexity index is 1070. The molecule has 10 heteroatoms. The molecule has 0 radical (unpaired) electrons. The van der Waals surface area contributed by atoms with Crippen molar-refractivity contribution >= 4 is 22.4 Å². The molecule has 0 saturated carbocycles. The molecule has 9 nitrogen and oxygen atoms in total. The lowest BCUT2D eigenvalue weighted by atomic mass is 10.1. The van der Waals surface area contributed by atoms with Gasteiger partial charge in [-0.15, -0.1) is 10.2 Å². The van der Waals surface area contributed by atoms with Gasteiger partial charge in [0.2, 0.25) is 5.13 Å². The Morgan fingerprint density at radius 1 is 1.28 bits per heavy atom. The molecule has 0 bridgehead atoms. The Hall–Kier alpha value is -3.27. The minimum absolute atomic E-state index is 0.275. The first kappa shape index (κ1) is 20.5. The Morgan fingerprint density at radius 2 is 2.00 bits per heavy atom. The first-order valence-corrected chi connectivity index (χ1v) is 9.91. The van der Waals surface area contributed by atoms with Gasteiger partial charge in [-0.1, -0.05) is 37.3 Å². The summed E-state index contributed by atoms with van der Waals surface area (Å²) in [6.45, 7) is 4.13. The fourth-order valence-corrected chi connectivity index (χ4v) is 3.84. The van der Waals surface area contributed by atoms with Gasteiger partial charge in [0.1, 0.15) is 16.4 Å². The van der Waals surface area contributed by atoms with Gasteiger partial charge in [0, 0.05) is 12.0 Å². The molecule has 1 aromatic carbocycles. The van der Waals surface area contributed by atoms with Crippen LogP contribution in [0, 0.1) is 0 Å². The number of carbonyl (C=O) groups excluding carboxylic acids is 1. The third-order valence-electron chi connectivity index (χ3n) is 4.44. The monoisotopic (exact) mass is 415 g/mol. The number of ether oxygens (including phenoxy) is 1. The van der Waals surface area contributed by atoms with Gasteiger partial charge in [-0.2, -0.15) is 9.78 Å². The highest BCUT2D eigenvalue weighted by molar-refractivity contribution is 7.15. The third kappa shape index (κ3) is 4.27.